The van der Waals surface area contributed by atoms with Crippen LogP contribution in [0.3, 0.4) is 0 Å². The molecule has 0 unspecified atom stereocenters. The number of hydrogen-bond donors (Lipinski definition) is 1. The van der Waals surface area contributed by atoms with Gasteiger partial charge in [-0.3, -0.25) is 9.40 Å². The molecule has 0 bridgehead atoms. The number of hydrogen-bond acceptors (Lipinski definition) is 5. The van der Waals surface area contributed by atoms with Crippen molar-refractivity contribution >= 4 is 25.5 Å². The molecule has 0 aliphatic heterocycles. The van der Waals surface area contributed by atoms with Crippen LogP contribution in [-0.4, -0.2) is 32.9 Å². The van der Waals surface area contributed by atoms with E-state index in [1.807, 2.05) is 13.8 Å². The number of anilines is 1. The lowest BCUT2D eigenvalue weighted by Gasteiger charge is -2.11. The van der Waals surface area contributed by atoms with E-state index in [9.17, 15) is 16.8 Å². The third kappa shape index (κ3) is 3.62. The van der Waals surface area contributed by atoms with Crippen LogP contribution in [0.5, 0.6) is 0 Å². The van der Waals surface area contributed by atoms with Crippen molar-refractivity contribution in [1.82, 2.24) is 9.78 Å². The summed E-state index contributed by atoms with van der Waals surface area (Å²) in [5.74, 6) is 0. The molecule has 0 aliphatic carbocycles. The first kappa shape index (κ1) is 18.5. The van der Waals surface area contributed by atoms with Crippen LogP contribution >= 0.6 is 0 Å². The standard InChI is InChI=1S/C15H21N3O4S2/c1-10(2)18-12(4)15(11(3)16-18)17-24(21,22)14-8-6-7-13(9-14)23(5,19)20/h6-10,17H,1-5H3. The summed E-state index contributed by atoms with van der Waals surface area (Å²) >= 11 is 0. The Hall–Kier alpha value is -1.87. The molecule has 0 radical (unpaired) electrons. The molecule has 1 aromatic heterocycles. The molecule has 0 atom stereocenters. The minimum Gasteiger partial charge on any atom is -0.276 e. The van der Waals surface area contributed by atoms with E-state index in [0.29, 0.717) is 17.1 Å². The molecule has 24 heavy (non-hydrogen) atoms. The van der Waals surface area contributed by atoms with Crippen molar-refractivity contribution in [3.05, 3.63) is 35.7 Å². The van der Waals surface area contributed by atoms with Gasteiger partial charge in [-0.2, -0.15) is 5.10 Å². The summed E-state index contributed by atoms with van der Waals surface area (Å²) in [6.07, 6.45) is 1.03. The average Bonchev–Trinajstić information content (AvgIpc) is 2.74. The highest BCUT2D eigenvalue weighted by atomic mass is 32.2. The highest BCUT2D eigenvalue weighted by Crippen LogP contribution is 2.26. The van der Waals surface area contributed by atoms with Crippen LogP contribution in [0.2, 0.25) is 0 Å². The quantitative estimate of drug-likeness (QED) is 0.869. The highest BCUT2D eigenvalue weighted by molar-refractivity contribution is 7.93. The molecular formula is C15H21N3O4S2. The van der Waals surface area contributed by atoms with Crippen molar-refractivity contribution in [3.8, 4) is 0 Å². The van der Waals surface area contributed by atoms with Gasteiger partial charge in [-0.15, -0.1) is 0 Å². The van der Waals surface area contributed by atoms with Crippen LogP contribution in [0.4, 0.5) is 5.69 Å². The smallest absolute Gasteiger partial charge is 0.262 e. The topological polar surface area (TPSA) is 98.1 Å². The largest absolute Gasteiger partial charge is 0.276 e. The molecule has 132 valence electrons. The Bertz CT molecular complexity index is 974. The lowest BCUT2D eigenvalue weighted by Crippen LogP contribution is -2.15. The lowest BCUT2D eigenvalue weighted by molar-refractivity contribution is 0.516. The van der Waals surface area contributed by atoms with Crippen LogP contribution < -0.4 is 4.72 Å². The fourth-order valence-electron chi connectivity index (χ4n) is 2.38. The minimum absolute atomic E-state index is 0.0447. The van der Waals surface area contributed by atoms with E-state index in [0.717, 1.165) is 12.3 Å². The predicted molar refractivity (Wildman–Crippen MR) is 92.4 cm³/mol. The Kier molecular flexibility index (Phi) is 4.78. The summed E-state index contributed by atoms with van der Waals surface area (Å²) in [4.78, 5) is -0.154. The molecule has 1 heterocycles. The molecule has 0 saturated heterocycles. The van der Waals surface area contributed by atoms with Crippen molar-refractivity contribution in [3.63, 3.8) is 0 Å². The predicted octanol–water partition coefficient (Wildman–Crippen LogP) is 2.29. The lowest BCUT2D eigenvalue weighted by atomic mass is 10.3. The van der Waals surface area contributed by atoms with Gasteiger partial charge in [-0.25, -0.2) is 16.8 Å². The van der Waals surface area contributed by atoms with E-state index < -0.39 is 19.9 Å². The number of aryl methyl sites for hydroxylation is 1. The summed E-state index contributed by atoms with van der Waals surface area (Å²) < 4.78 is 52.8. The summed E-state index contributed by atoms with van der Waals surface area (Å²) in [5, 5.41) is 4.34. The number of sulfone groups is 1. The number of rotatable bonds is 5. The molecule has 0 aliphatic rings. The normalized spacial score (nSPS) is 12.6. The van der Waals surface area contributed by atoms with Gasteiger partial charge in [0.1, 0.15) is 0 Å². The average molecular weight is 371 g/mol. The molecule has 0 fully saturated rings. The molecule has 0 amide bonds. The fourth-order valence-corrected chi connectivity index (χ4v) is 4.34. The second-order valence-electron chi connectivity index (χ2n) is 5.94. The summed E-state index contributed by atoms with van der Waals surface area (Å²) in [6, 6.07) is 5.36. The van der Waals surface area contributed by atoms with E-state index in [1.54, 1.807) is 18.5 Å². The van der Waals surface area contributed by atoms with Gasteiger partial charge in [0.15, 0.2) is 9.84 Å². The second kappa shape index (κ2) is 6.21. The maximum atomic E-state index is 12.6. The molecular weight excluding hydrogens is 350 g/mol. The number of benzene rings is 1. The Labute approximate surface area is 142 Å². The first-order valence-corrected chi connectivity index (χ1v) is 10.7. The van der Waals surface area contributed by atoms with Gasteiger partial charge in [0.25, 0.3) is 10.0 Å². The van der Waals surface area contributed by atoms with E-state index in [4.69, 9.17) is 0 Å². The van der Waals surface area contributed by atoms with Crippen LogP contribution in [0.1, 0.15) is 31.3 Å². The van der Waals surface area contributed by atoms with Crippen molar-refractivity contribution in [1.29, 1.82) is 0 Å². The van der Waals surface area contributed by atoms with Gasteiger partial charge in [0.05, 0.1) is 26.9 Å². The van der Waals surface area contributed by atoms with Gasteiger partial charge < -0.3 is 0 Å². The zero-order valence-corrected chi connectivity index (χ0v) is 15.9. The highest BCUT2D eigenvalue weighted by Gasteiger charge is 2.22. The Morgan fingerprint density at radius 1 is 1.08 bits per heavy atom. The molecule has 0 saturated carbocycles. The van der Waals surface area contributed by atoms with Gasteiger partial charge in [0.2, 0.25) is 0 Å². The van der Waals surface area contributed by atoms with Gasteiger partial charge >= 0.3 is 0 Å². The van der Waals surface area contributed by atoms with E-state index in [1.165, 1.54) is 18.2 Å². The van der Waals surface area contributed by atoms with Crippen molar-refractivity contribution in [2.45, 2.75) is 43.5 Å². The molecule has 1 aromatic carbocycles. The Balaban J connectivity index is 2.47. The first-order chi connectivity index (χ1) is 10.9. The maximum Gasteiger partial charge on any atom is 0.262 e. The Morgan fingerprint density at radius 3 is 2.17 bits per heavy atom. The van der Waals surface area contributed by atoms with Crippen LogP contribution in [0.15, 0.2) is 34.1 Å². The van der Waals surface area contributed by atoms with E-state index in [-0.39, 0.29) is 15.8 Å². The number of sulfonamides is 1. The number of nitrogens with zero attached hydrogens (tertiary/aromatic N) is 2. The van der Waals surface area contributed by atoms with Crippen LogP contribution in [0, 0.1) is 13.8 Å². The fraction of sp³-hybridized carbons (Fsp3) is 0.400. The van der Waals surface area contributed by atoms with Crippen molar-refractivity contribution in [2.24, 2.45) is 0 Å². The summed E-state index contributed by atoms with van der Waals surface area (Å²) in [6.45, 7) is 7.40. The maximum absolute atomic E-state index is 12.6. The Morgan fingerprint density at radius 2 is 1.67 bits per heavy atom. The van der Waals surface area contributed by atoms with Crippen LogP contribution in [0.25, 0.3) is 0 Å². The molecule has 9 heteroatoms. The van der Waals surface area contributed by atoms with Crippen molar-refractivity contribution in [2.75, 3.05) is 11.0 Å². The monoisotopic (exact) mass is 371 g/mol. The minimum atomic E-state index is -3.92. The third-order valence-corrected chi connectivity index (χ3v) is 6.05. The zero-order chi connectivity index (χ0) is 18.3. The molecule has 1 N–H and O–H groups in total. The SMILES string of the molecule is Cc1nn(C(C)C)c(C)c1NS(=O)(=O)c1cccc(S(C)(=O)=O)c1. The van der Waals surface area contributed by atoms with Gasteiger partial charge in [0, 0.05) is 12.3 Å². The molecule has 2 aromatic rings. The molecule has 2 rings (SSSR count). The van der Waals surface area contributed by atoms with Gasteiger partial charge in [-0.1, -0.05) is 6.07 Å². The summed E-state index contributed by atoms with van der Waals surface area (Å²) in [7, 11) is -7.41. The van der Waals surface area contributed by atoms with Gasteiger partial charge in [-0.05, 0) is 45.9 Å². The number of nitrogens with one attached hydrogen (secondary N) is 1. The van der Waals surface area contributed by atoms with E-state index in [2.05, 4.69) is 9.82 Å². The first-order valence-electron chi connectivity index (χ1n) is 7.32. The van der Waals surface area contributed by atoms with Crippen LogP contribution in [-0.2, 0) is 19.9 Å². The number of aromatic nitrogens is 2. The van der Waals surface area contributed by atoms with Crippen molar-refractivity contribution < 1.29 is 16.8 Å². The van der Waals surface area contributed by atoms with E-state index >= 15 is 0 Å². The third-order valence-electron chi connectivity index (χ3n) is 3.59. The summed E-state index contributed by atoms with van der Waals surface area (Å²) in [5.41, 5.74) is 1.67. The molecule has 0 spiro atoms. The molecule has 7 nitrogen and oxygen atoms in total. The second-order valence-corrected chi connectivity index (χ2v) is 9.63. The zero-order valence-electron chi connectivity index (χ0n) is 14.2.